The monoisotopic (exact) mass is 294 g/mol. The minimum atomic E-state index is -3.43. The molecule has 0 unspecified atom stereocenters. The fraction of sp³-hybridized carbons (Fsp3) is 0.154. The summed E-state index contributed by atoms with van der Waals surface area (Å²) >= 11 is 1.50. The fourth-order valence-corrected chi connectivity index (χ4v) is 3.14. The van der Waals surface area contributed by atoms with E-state index in [2.05, 4.69) is 4.98 Å². The first-order valence-electron chi connectivity index (χ1n) is 5.61. The molecule has 4 nitrogen and oxygen atoms in total. The van der Waals surface area contributed by atoms with Crippen LogP contribution in [-0.2, 0) is 10.0 Å². The Balaban J connectivity index is 2.43. The number of rotatable bonds is 4. The molecule has 0 spiro atoms. The van der Waals surface area contributed by atoms with E-state index in [-0.39, 0.29) is 0 Å². The molecule has 0 fully saturated rings. The molecule has 0 bridgehead atoms. The Kier molecular flexibility index (Phi) is 4.14. The minimum absolute atomic E-state index is 0.299. The van der Waals surface area contributed by atoms with Crippen molar-refractivity contribution in [2.45, 2.75) is 4.90 Å². The van der Waals surface area contributed by atoms with E-state index in [4.69, 9.17) is 0 Å². The molecule has 1 aromatic heterocycles. The fourth-order valence-electron chi connectivity index (χ4n) is 1.53. The summed E-state index contributed by atoms with van der Waals surface area (Å²) in [5, 5.41) is 2.72. The number of thiazole rings is 1. The van der Waals surface area contributed by atoms with E-state index in [9.17, 15) is 8.42 Å². The van der Waals surface area contributed by atoms with Gasteiger partial charge in [0.05, 0.1) is 4.90 Å². The summed E-state index contributed by atoms with van der Waals surface area (Å²) in [6, 6.07) is 6.92. The lowest BCUT2D eigenvalue weighted by molar-refractivity contribution is 0.520. The van der Waals surface area contributed by atoms with Gasteiger partial charge in [-0.2, -0.15) is 0 Å². The van der Waals surface area contributed by atoms with Gasteiger partial charge in [0.2, 0.25) is 10.0 Å². The lowest BCUT2D eigenvalue weighted by Gasteiger charge is -2.13. The van der Waals surface area contributed by atoms with E-state index in [1.807, 2.05) is 17.5 Å². The quantitative estimate of drug-likeness (QED) is 0.871. The molecular formula is C13H14N2O2S2. The molecule has 100 valence electrons. The Morgan fingerprint density at radius 2 is 1.95 bits per heavy atom. The van der Waals surface area contributed by atoms with Gasteiger partial charge in [-0.1, -0.05) is 24.3 Å². The van der Waals surface area contributed by atoms with Crippen molar-refractivity contribution in [3.63, 3.8) is 0 Å². The smallest absolute Gasteiger partial charge is 0.243 e. The summed E-state index contributed by atoms with van der Waals surface area (Å²) < 4.78 is 25.6. The van der Waals surface area contributed by atoms with Gasteiger partial charge in [-0.25, -0.2) is 17.7 Å². The third-order valence-corrected chi connectivity index (χ3v) is 5.16. The van der Waals surface area contributed by atoms with Gasteiger partial charge >= 0.3 is 0 Å². The summed E-state index contributed by atoms with van der Waals surface area (Å²) in [7, 11) is -0.385. The molecule has 0 saturated carbocycles. The van der Waals surface area contributed by atoms with Crippen molar-refractivity contribution in [3.8, 4) is 0 Å². The van der Waals surface area contributed by atoms with Crippen LogP contribution in [0.25, 0.3) is 12.2 Å². The molecule has 0 aliphatic rings. The maximum absolute atomic E-state index is 12.2. The van der Waals surface area contributed by atoms with Crippen LogP contribution in [-0.4, -0.2) is 31.8 Å². The van der Waals surface area contributed by atoms with Crippen LogP contribution in [0.2, 0.25) is 0 Å². The first-order chi connectivity index (χ1) is 9.01. The van der Waals surface area contributed by atoms with Gasteiger partial charge in [0.25, 0.3) is 0 Å². The van der Waals surface area contributed by atoms with Gasteiger partial charge in [-0.15, -0.1) is 11.3 Å². The molecule has 0 N–H and O–H groups in total. The van der Waals surface area contributed by atoms with Gasteiger partial charge in [0, 0.05) is 25.7 Å². The largest absolute Gasteiger partial charge is 0.245 e. The number of sulfonamides is 1. The molecule has 0 aliphatic carbocycles. The van der Waals surface area contributed by atoms with Crippen LogP contribution in [0.4, 0.5) is 0 Å². The summed E-state index contributed by atoms with van der Waals surface area (Å²) in [6.07, 6.45) is 5.30. The zero-order valence-electron chi connectivity index (χ0n) is 10.6. The predicted molar refractivity (Wildman–Crippen MR) is 78.4 cm³/mol. The van der Waals surface area contributed by atoms with Crippen molar-refractivity contribution in [3.05, 3.63) is 46.4 Å². The topological polar surface area (TPSA) is 50.3 Å². The molecule has 0 aliphatic heterocycles. The minimum Gasteiger partial charge on any atom is -0.245 e. The SMILES string of the molecule is CN(C)S(=O)(=O)c1ccccc1/C=C/c1nccs1. The van der Waals surface area contributed by atoms with Gasteiger partial charge in [-0.05, 0) is 17.7 Å². The molecule has 19 heavy (non-hydrogen) atoms. The summed E-state index contributed by atoms with van der Waals surface area (Å²) in [4.78, 5) is 4.43. The highest BCUT2D eigenvalue weighted by Gasteiger charge is 2.19. The summed E-state index contributed by atoms with van der Waals surface area (Å²) in [5.41, 5.74) is 0.659. The number of hydrogen-bond acceptors (Lipinski definition) is 4. The van der Waals surface area contributed by atoms with Gasteiger partial charge in [0.1, 0.15) is 5.01 Å². The van der Waals surface area contributed by atoms with E-state index in [0.717, 1.165) is 5.01 Å². The lowest BCUT2D eigenvalue weighted by atomic mass is 10.2. The second-order valence-corrected chi connectivity index (χ2v) is 7.08. The first kappa shape index (κ1) is 13.9. The van der Waals surface area contributed by atoms with Crippen LogP contribution in [0.15, 0.2) is 40.7 Å². The number of hydrogen-bond donors (Lipinski definition) is 0. The average Bonchev–Trinajstić information content (AvgIpc) is 2.89. The molecule has 1 aromatic carbocycles. The third kappa shape index (κ3) is 3.09. The third-order valence-electron chi connectivity index (χ3n) is 2.53. The Morgan fingerprint density at radius 1 is 1.21 bits per heavy atom. The van der Waals surface area contributed by atoms with Crippen LogP contribution < -0.4 is 0 Å². The highest BCUT2D eigenvalue weighted by atomic mass is 32.2. The Morgan fingerprint density at radius 3 is 2.58 bits per heavy atom. The highest BCUT2D eigenvalue weighted by Crippen LogP contribution is 2.21. The van der Waals surface area contributed by atoms with Crippen LogP contribution in [0.3, 0.4) is 0 Å². The van der Waals surface area contributed by atoms with Gasteiger partial charge < -0.3 is 0 Å². The van der Waals surface area contributed by atoms with E-state index in [1.54, 1.807) is 30.5 Å². The van der Waals surface area contributed by atoms with Crippen molar-refractivity contribution in [2.75, 3.05) is 14.1 Å². The highest BCUT2D eigenvalue weighted by molar-refractivity contribution is 7.89. The van der Waals surface area contributed by atoms with Crippen LogP contribution in [0.5, 0.6) is 0 Å². The van der Waals surface area contributed by atoms with Gasteiger partial charge in [-0.3, -0.25) is 0 Å². The Hall–Kier alpha value is -1.50. The molecule has 0 radical (unpaired) electrons. The van der Waals surface area contributed by atoms with E-state index < -0.39 is 10.0 Å². The number of nitrogens with zero attached hydrogens (tertiary/aromatic N) is 2. The molecule has 0 amide bonds. The van der Waals surface area contributed by atoms with Crippen molar-refractivity contribution >= 4 is 33.5 Å². The van der Waals surface area contributed by atoms with Crippen molar-refractivity contribution in [2.24, 2.45) is 0 Å². The van der Waals surface area contributed by atoms with E-state index >= 15 is 0 Å². The zero-order chi connectivity index (χ0) is 13.9. The molecule has 0 saturated heterocycles. The Bertz CT molecular complexity index is 674. The van der Waals surface area contributed by atoms with E-state index in [1.165, 1.54) is 29.7 Å². The molecule has 2 rings (SSSR count). The second kappa shape index (κ2) is 5.64. The second-order valence-electron chi connectivity index (χ2n) is 4.03. The normalized spacial score (nSPS) is 12.4. The Labute approximate surface area is 117 Å². The molecule has 6 heteroatoms. The summed E-state index contributed by atoms with van der Waals surface area (Å²) in [5.74, 6) is 0. The first-order valence-corrected chi connectivity index (χ1v) is 7.93. The summed E-state index contributed by atoms with van der Waals surface area (Å²) in [6.45, 7) is 0. The standard InChI is InChI=1S/C13H14N2O2S2/c1-15(2)19(16,17)12-6-4-3-5-11(12)7-8-13-14-9-10-18-13/h3-10H,1-2H3/b8-7+. The van der Waals surface area contributed by atoms with Crippen molar-refractivity contribution in [1.82, 2.24) is 9.29 Å². The van der Waals surface area contributed by atoms with Crippen LogP contribution in [0, 0.1) is 0 Å². The number of benzene rings is 1. The average molecular weight is 294 g/mol. The predicted octanol–water partition coefficient (Wildman–Crippen LogP) is 2.56. The number of aromatic nitrogens is 1. The van der Waals surface area contributed by atoms with Crippen molar-refractivity contribution in [1.29, 1.82) is 0 Å². The van der Waals surface area contributed by atoms with E-state index in [0.29, 0.717) is 10.5 Å². The zero-order valence-corrected chi connectivity index (χ0v) is 12.3. The van der Waals surface area contributed by atoms with Gasteiger partial charge in [0.15, 0.2) is 0 Å². The van der Waals surface area contributed by atoms with Crippen LogP contribution in [0.1, 0.15) is 10.6 Å². The van der Waals surface area contributed by atoms with Crippen LogP contribution >= 0.6 is 11.3 Å². The van der Waals surface area contributed by atoms with Crippen molar-refractivity contribution < 1.29 is 8.42 Å². The molecule has 1 heterocycles. The molecular weight excluding hydrogens is 280 g/mol. The maximum Gasteiger partial charge on any atom is 0.243 e. The lowest BCUT2D eigenvalue weighted by Crippen LogP contribution is -2.22. The molecule has 0 atom stereocenters. The maximum atomic E-state index is 12.2. The molecule has 2 aromatic rings.